The van der Waals surface area contributed by atoms with Gasteiger partial charge in [0, 0.05) is 0 Å². The van der Waals surface area contributed by atoms with Crippen molar-refractivity contribution < 1.29 is 41.5 Å². The molecular weight excluding hydrogens is 466 g/mol. The SMILES string of the molecule is COC(=O)[C@H](CCCc1cc(B2OC(C)(C)C(C)(C)O2)cc(C(F)(F)F)c1)NC(=O)OC(C)(C)C. The van der Waals surface area contributed by atoms with E-state index in [-0.39, 0.29) is 18.3 Å². The molecule has 1 heterocycles. The lowest BCUT2D eigenvalue weighted by atomic mass is 9.77. The number of benzene rings is 1. The van der Waals surface area contributed by atoms with Gasteiger partial charge >= 0.3 is 25.4 Å². The van der Waals surface area contributed by atoms with Gasteiger partial charge in [-0.25, -0.2) is 9.59 Å². The van der Waals surface area contributed by atoms with Crippen LogP contribution < -0.4 is 10.8 Å². The molecule has 1 aromatic rings. The number of ether oxygens (including phenoxy) is 2. The smallest absolute Gasteiger partial charge is 0.467 e. The Bertz CT molecular complexity index is 911. The third-order valence-electron chi connectivity index (χ3n) is 6.00. The minimum Gasteiger partial charge on any atom is -0.467 e. The first-order chi connectivity index (χ1) is 15.8. The quantitative estimate of drug-likeness (QED) is 0.441. The normalized spacial score (nSPS) is 18.2. The van der Waals surface area contributed by atoms with Crippen molar-refractivity contribution in [3.8, 4) is 0 Å². The highest BCUT2D eigenvalue weighted by Crippen LogP contribution is 2.37. The monoisotopic (exact) mass is 501 g/mol. The highest BCUT2D eigenvalue weighted by Gasteiger charge is 2.52. The summed E-state index contributed by atoms with van der Waals surface area (Å²) in [5.74, 6) is -0.669. The Morgan fingerprint density at radius 1 is 1.06 bits per heavy atom. The zero-order valence-corrected chi connectivity index (χ0v) is 21.6. The summed E-state index contributed by atoms with van der Waals surface area (Å²) in [5, 5.41) is 2.46. The van der Waals surface area contributed by atoms with Gasteiger partial charge in [-0.2, -0.15) is 13.2 Å². The number of aryl methyl sites for hydroxylation is 1. The van der Waals surface area contributed by atoms with Crippen LogP contribution in [0, 0.1) is 0 Å². The molecule has 1 aliphatic rings. The summed E-state index contributed by atoms with van der Waals surface area (Å²) in [6.45, 7) is 12.4. The van der Waals surface area contributed by atoms with Gasteiger partial charge in [0.25, 0.3) is 0 Å². The van der Waals surface area contributed by atoms with Crippen molar-refractivity contribution >= 4 is 24.6 Å². The van der Waals surface area contributed by atoms with E-state index in [1.54, 1.807) is 26.8 Å². The molecule has 0 bridgehead atoms. The molecule has 0 spiro atoms. The van der Waals surface area contributed by atoms with Crippen molar-refractivity contribution in [2.45, 2.75) is 96.7 Å². The summed E-state index contributed by atoms with van der Waals surface area (Å²) in [5.41, 5.74) is -2.29. The standard InChI is InChI=1S/C24H35BF3NO6/c1-21(2,3)33-20(31)29-18(19(30)32-8)11-9-10-15-12-16(24(26,27)28)14-17(13-15)25-34-22(4,5)23(6,7)35-25/h12-14,18H,9-11H2,1-8H3,(H,29,31)/t18-/m0/s1. The van der Waals surface area contributed by atoms with E-state index in [9.17, 15) is 22.8 Å². The van der Waals surface area contributed by atoms with E-state index in [4.69, 9.17) is 18.8 Å². The number of halogens is 3. The lowest BCUT2D eigenvalue weighted by Crippen LogP contribution is -2.44. The van der Waals surface area contributed by atoms with Crippen LogP contribution in [0.1, 0.15) is 72.4 Å². The van der Waals surface area contributed by atoms with Gasteiger partial charge in [0.1, 0.15) is 11.6 Å². The fourth-order valence-electron chi connectivity index (χ4n) is 3.49. The van der Waals surface area contributed by atoms with Gasteiger partial charge in [-0.1, -0.05) is 12.1 Å². The van der Waals surface area contributed by atoms with Crippen LogP contribution in [0.3, 0.4) is 0 Å². The third kappa shape index (κ3) is 7.86. The van der Waals surface area contributed by atoms with Crippen LogP contribution in [0.2, 0.25) is 0 Å². The van der Waals surface area contributed by atoms with E-state index in [0.29, 0.717) is 12.0 Å². The fourth-order valence-corrected chi connectivity index (χ4v) is 3.49. The molecule has 2 rings (SSSR count). The van der Waals surface area contributed by atoms with Gasteiger partial charge in [-0.15, -0.1) is 0 Å². The Hall–Kier alpha value is -2.27. The van der Waals surface area contributed by atoms with Crippen LogP contribution in [-0.2, 0) is 36.2 Å². The molecule has 0 radical (unpaired) electrons. The number of amides is 1. The lowest BCUT2D eigenvalue weighted by molar-refractivity contribution is -0.143. The van der Waals surface area contributed by atoms with Gasteiger partial charge in [-0.05, 0) is 84.8 Å². The maximum Gasteiger partial charge on any atom is 0.494 e. The highest BCUT2D eigenvalue weighted by molar-refractivity contribution is 6.62. The van der Waals surface area contributed by atoms with Crippen molar-refractivity contribution in [3.63, 3.8) is 0 Å². The molecular formula is C24H35BF3NO6. The van der Waals surface area contributed by atoms with Crippen molar-refractivity contribution in [3.05, 3.63) is 29.3 Å². The minimum absolute atomic E-state index is 0.147. The molecule has 1 fully saturated rings. The summed E-state index contributed by atoms with van der Waals surface area (Å²) >= 11 is 0. The van der Waals surface area contributed by atoms with E-state index in [2.05, 4.69) is 5.32 Å². The van der Waals surface area contributed by atoms with E-state index in [1.165, 1.54) is 7.11 Å². The van der Waals surface area contributed by atoms with Crippen LogP contribution in [0.5, 0.6) is 0 Å². The van der Waals surface area contributed by atoms with Crippen LogP contribution in [0.15, 0.2) is 18.2 Å². The Morgan fingerprint density at radius 2 is 1.63 bits per heavy atom. The van der Waals surface area contributed by atoms with Crippen molar-refractivity contribution in [2.24, 2.45) is 0 Å². The molecule has 11 heteroatoms. The average molecular weight is 501 g/mol. The van der Waals surface area contributed by atoms with E-state index < -0.39 is 53.8 Å². The molecule has 1 aliphatic heterocycles. The van der Waals surface area contributed by atoms with Gasteiger partial charge in [0.2, 0.25) is 0 Å². The van der Waals surface area contributed by atoms with Crippen molar-refractivity contribution in [1.82, 2.24) is 5.32 Å². The van der Waals surface area contributed by atoms with Crippen LogP contribution in [-0.4, -0.2) is 49.1 Å². The van der Waals surface area contributed by atoms with Gasteiger partial charge < -0.3 is 24.1 Å². The van der Waals surface area contributed by atoms with Gasteiger partial charge in [0.05, 0.1) is 23.9 Å². The van der Waals surface area contributed by atoms with Gasteiger partial charge in [0.15, 0.2) is 0 Å². The second-order valence-electron chi connectivity index (χ2n) is 10.7. The summed E-state index contributed by atoms with van der Waals surface area (Å²) < 4.78 is 62.6. The summed E-state index contributed by atoms with van der Waals surface area (Å²) in [6, 6.07) is 2.73. The molecule has 0 aromatic heterocycles. The predicted octanol–water partition coefficient (Wildman–Crippen LogP) is 4.39. The summed E-state index contributed by atoms with van der Waals surface area (Å²) in [7, 11) is 0.244. The zero-order chi connectivity index (χ0) is 26.8. The Labute approximate surface area is 205 Å². The Morgan fingerprint density at radius 3 is 2.11 bits per heavy atom. The molecule has 1 aromatic carbocycles. The predicted molar refractivity (Wildman–Crippen MR) is 125 cm³/mol. The Balaban J connectivity index is 2.18. The number of hydrogen-bond acceptors (Lipinski definition) is 6. The first-order valence-electron chi connectivity index (χ1n) is 11.5. The van der Waals surface area contributed by atoms with Gasteiger partial charge in [-0.3, -0.25) is 0 Å². The summed E-state index contributed by atoms with van der Waals surface area (Å²) in [6.07, 6.45) is -4.66. The first kappa shape index (κ1) is 29.0. The van der Waals surface area contributed by atoms with Crippen LogP contribution in [0.4, 0.5) is 18.0 Å². The molecule has 1 atom stereocenters. The first-order valence-corrected chi connectivity index (χ1v) is 11.5. The second-order valence-corrected chi connectivity index (χ2v) is 10.7. The number of alkyl halides is 3. The van der Waals surface area contributed by atoms with Crippen LogP contribution >= 0.6 is 0 Å². The molecule has 0 unspecified atom stereocenters. The second kappa shape index (κ2) is 10.4. The maximum absolute atomic E-state index is 13.6. The zero-order valence-electron chi connectivity index (χ0n) is 21.6. The lowest BCUT2D eigenvalue weighted by Gasteiger charge is -2.32. The number of nitrogens with one attached hydrogen (secondary N) is 1. The molecule has 35 heavy (non-hydrogen) atoms. The Kier molecular flexibility index (Phi) is 8.59. The van der Waals surface area contributed by atoms with Crippen molar-refractivity contribution in [1.29, 1.82) is 0 Å². The van der Waals surface area contributed by atoms with E-state index >= 15 is 0 Å². The minimum atomic E-state index is -4.55. The third-order valence-corrected chi connectivity index (χ3v) is 6.00. The molecule has 0 aliphatic carbocycles. The molecule has 196 valence electrons. The van der Waals surface area contributed by atoms with E-state index in [1.807, 2.05) is 27.7 Å². The molecule has 7 nitrogen and oxygen atoms in total. The number of methoxy groups -OCH3 is 1. The number of rotatable bonds is 7. The number of esters is 1. The molecule has 1 N–H and O–H groups in total. The number of alkyl carbamates (subject to hydrolysis) is 1. The van der Waals surface area contributed by atoms with Crippen LogP contribution in [0.25, 0.3) is 0 Å². The molecule has 1 amide bonds. The fraction of sp³-hybridized carbons (Fsp3) is 0.667. The number of carbonyl (C=O) groups is 2. The molecule has 0 saturated carbocycles. The number of hydrogen-bond donors (Lipinski definition) is 1. The largest absolute Gasteiger partial charge is 0.494 e. The summed E-state index contributed by atoms with van der Waals surface area (Å²) in [4.78, 5) is 24.2. The topological polar surface area (TPSA) is 83.1 Å². The van der Waals surface area contributed by atoms with E-state index in [0.717, 1.165) is 12.1 Å². The molecule has 1 saturated heterocycles. The van der Waals surface area contributed by atoms with Crippen molar-refractivity contribution in [2.75, 3.05) is 7.11 Å². The number of carbonyl (C=O) groups excluding carboxylic acids is 2. The average Bonchev–Trinajstić information content (AvgIpc) is 2.91. The maximum atomic E-state index is 13.6. The highest BCUT2D eigenvalue weighted by atomic mass is 19.4.